The lowest BCUT2D eigenvalue weighted by molar-refractivity contribution is -0.181. The van der Waals surface area contributed by atoms with Gasteiger partial charge in [-0.3, -0.25) is 10.6 Å². The van der Waals surface area contributed by atoms with Gasteiger partial charge in [-0.15, -0.1) is 0 Å². The number of carbonyl (C=O) groups is 2. The topological polar surface area (TPSA) is 95.1 Å². The number of carbonyl (C=O) groups excluding carboxylic acids is 2. The minimum absolute atomic E-state index is 0.445. The zero-order valence-electron chi connectivity index (χ0n) is 30.3. The fourth-order valence-corrected chi connectivity index (χ4v) is 8.30. The minimum atomic E-state index is -1.00. The van der Waals surface area contributed by atoms with Gasteiger partial charge >= 0.3 is 11.9 Å². The Labute approximate surface area is 308 Å². The first-order chi connectivity index (χ1) is 24.1. The number of esters is 2. The molecule has 2 unspecified atom stereocenters. The maximum atomic E-state index is 13.7. The van der Waals surface area contributed by atoms with Crippen LogP contribution >= 0.6 is 23.2 Å². The van der Waals surface area contributed by atoms with Crippen molar-refractivity contribution in [2.45, 2.75) is 113 Å². The van der Waals surface area contributed by atoms with Crippen LogP contribution < -0.4 is 10.6 Å². The van der Waals surface area contributed by atoms with Gasteiger partial charge in [-0.05, 0) is 115 Å². The molecule has 276 valence electrons. The summed E-state index contributed by atoms with van der Waals surface area (Å²) < 4.78 is 24.0. The molecule has 2 aromatic rings. The fourth-order valence-electron chi connectivity index (χ4n) is 8.05. The molecule has 0 amide bonds. The summed E-state index contributed by atoms with van der Waals surface area (Å²) in [5.41, 5.74) is -0.758. The number of nitrogens with one attached hydrogen (secondary N) is 2. The Bertz CT molecular complexity index is 1290. The third-order valence-corrected chi connectivity index (χ3v) is 11.5. The molecule has 0 radical (unpaired) electrons. The number of halogens is 2. The molecule has 2 saturated carbocycles. The lowest BCUT2D eigenvalue weighted by Gasteiger charge is -2.55. The van der Waals surface area contributed by atoms with Crippen molar-refractivity contribution < 1.29 is 28.5 Å². The zero-order valence-corrected chi connectivity index (χ0v) is 31.8. The summed E-state index contributed by atoms with van der Waals surface area (Å²) >= 11 is 12.5. The standard InChI is InChI=1S/C40H56Cl2N2O6/c1-5-47-29-9-7-27-39(43-3,37(23-11-24-37)31-13-17-33(41)18-14-31)49-35(45)21-22-36(46)50-40(44-4,28-8-10-30-48-6-2)38(25-12-26-38)32-15-19-34(42)20-16-32/h13-22,43-44H,5-12,23-30H2,1-4H3/b22-21-. The van der Waals surface area contributed by atoms with E-state index in [-0.39, 0.29) is 0 Å². The lowest BCUT2D eigenvalue weighted by Crippen LogP contribution is -2.65. The Morgan fingerprint density at radius 1 is 0.660 bits per heavy atom. The Hall–Kier alpha value is -2.46. The summed E-state index contributed by atoms with van der Waals surface area (Å²) in [5.74, 6) is -1.21. The van der Waals surface area contributed by atoms with E-state index in [9.17, 15) is 9.59 Å². The molecule has 0 aromatic heterocycles. The van der Waals surface area contributed by atoms with E-state index in [0.717, 1.165) is 75.3 Å². The number of likely N-dealkylation sites (N-methyl/N-ethyl adjacent to an activating group) is 2. The van der Waals surface area contributed by atoms with E-state index in [1.807, 2.05) is 76.5 Å². The Morgan fingerprint density at radius 3 is 1.30 bits per heavy atom. The van der Waals surface area contributed by atoms with Crippen molar-refractivity contribution in [3.05, 3.63) is 81.9 Å². The molecule has 0 spiro atoms. The van der Waals surface area contributed by atoms with Gasteiger partial charge < -0.3 is 18.9 Å². The number of rotatable bonds is 22. The van der Waals surface area contributed by atoms with E-state index in [1.165, 1.54) is 12.2 Å². The number of ether oxygens (including phenoxy) is 4. The van der Waals surface area contributed by atoms with Crippen molar-refractivity contribution >= 4 is 35.1 Å². The van der Waals surface area contributed by atoms with E-state index >= 15 is 0 Å². The van der Waals surface area contributed by atoms with Crippen LogP contribution in [0.25, 0.3) is 0 Å². The second-order valence-corrected chi connectivity index (χ2v) is 14.4. The van der Waals surface area contributed by atoms with Gasteiger partial charge in [0.1, 0.15) is 0 Å². The van der Waals surface area contributed by atoms with Crippen molar-refractivity contribution in [1.82, 2.24) is 10.6 Å². The Balaban J connectivity index is 1.57. The summed E-state index contributed by atoms with van der Waals surface area (Å²) in [5, 5.41) is 8.16. The van der Waals surface area contributed by atoms with Gasteiger partial charge in [0.2, 0.25) is 0 Å². The van der Waals surface area contributed by atoms with Gasteiger partial charge in [0, 0.05) is 72.3 Å². The summed E-state index contributed by atoms with van der Waals surface area (Å²) in [6.07, 6.45) is 12.2. The smallest absolute Gasteiger partial charge is 0.332 e. The van der Waals surface area contributed by atoms with Crippen molar-refractivity contribution in [3.8, 4) is 0 Å². The largest absolute Gasteiger partial charge is 0.440 e. The van der Waals surface area contributed by atoms with Crippen molar-refractivity contribution in [2.75, 3.05) is 40.5 Å². The van der Waals surface area contributed by atoms with Crippen LogP contribution in [0.2, 0.25) is 10.0 Å². The molecule has 2 aliphatic rings. The van der Waals surface area contributed by atoms with Crippen LogP contribution in [0.1, 0.15) is 102 Å². The van der Waals surface area contributed by atoms with Crippen molar-refractivity contribution in [2.24, 2.45) is 0 Å². The zero-order chi connectivity index (χ0) is 36.1. The highest BCUT2D eigenvalue weighted by molar-refractivity contribution is 6.30. The van der Waals surface area contributed by atoms with Crippen LogP contribution in [0.3, 0.4) is 0 Å². The molecule has 0 saturated heterocycles. The molecule has 4 rings (SSSR count). The first kappa shape index (κ1) is 40.3. The highest BCUT2D eigenvalue weighted by Gasteiger charge is 2.59. The average Bonchev–Trinajstić information content (AvgIpc) is 3.07. The average molecular weight is 732 g/mol. The second kappa shape index (κ2) is 18.9. The van der Waals surface area contributed by atoms with Gasteiger partial charge in [-0.25, -0.2) is 9.59 Å². The highest BCUT2D eigenvalue weighted by atomic mass is 35.5. The summed E-state index contributed by atoms with van der Waals surface area (Å²) in [7, 11) is 3.68. The number of benzene rings is 2. The van der Waals surface area contributed by atoms with Crippen molar-refractivity contribution in [3.63, 3.8) is 0 Å². The molecule has 2 N–H and O–H groups in total. The maximum Gasteiger partial charge on any atom is 0.332 e. The van der Waals surface area contributed by atoms with Gasteiger partial charge in [0.25, 0.3) is 0 Å². The van der Waals surface area contributed by atoms with Gasteiger partial charge in [-0.2, -0.15) is 0 Å². The van der Waals surface area contributed by atoms with Crippen LogP contribution in [0.15, 0.2) is 60.7 Å². The van der Waals surface area contributed by atoms with E-state index in [1.54, 1.807) is 0 Å². The number of hydrogen-bond acceptors (Lipinski definition) is 8. The molecule has 0 bridgehead atoms. The second-order valence-electron chi connectivity index (χ2n) is 13.5. The SMILES string of the molecule is CCOCCCCC(NC)(OC(=O)/C=C\C(=O)OC(CCCCOCC)(NC)C1(c2ccc(Cl)cc2)CCC1)C1(c2ccc(Cl)cc2)CCC1. The van der Waals surface area contributed by atoms with Crippen LogP contribution in [-0.4, -0.2) is 63.9 Å². The molecule has 2 atom stereocenters. The van der Waals surface area contributed by atoms with Gasteiger partial charge in [0.05, 0.1) is 0 Å². The van der Waals surface area contributed by atoms with Crippen molar-refractivity contribution in [1.29, 1.82) is 0 Å². The van der Waals surface area contributed by atoms with Crippen LogP contribution in [0, 0.1) is 0 Å². The lowest BCUT2D eigenvalue weighted by atomic mass is 9.57. The summed E-state index contributed by atoms with van der Waals surface area (Å²) in [4.78, 5) is 27.4. The third-order valence-electron chi connectivity index (χ3n) is 11.0. The molecule has 8 nitrogen and oxygen atoms in total. The molecule has 50 heavy (non-hydrogen) atoms. The summed E-state index contributed by atoms with van der Waals surface area (Å²) in [6, 6.07) is 15.6. The summed E-state index contributed by atoms with van der Waals surface area (Å²) in [6.45, 7) is 6.55. The molecular weight excluding hydrogens is 675 g/mol. The van der Waals surface area contributed by atoms with E-state index in [2.05, 4.69) is 10.6 Å². The number of hydrogen-bond donors (Lipinski definition) is 2. The Kier molecular flexibility index (Phi) is 15.2. The highest BCUT2D eigenvalue weighted by Crippen LogP contribution is 2.55. The molecule has 0 aliphatic heterocycles. The predicted octanol–water partition coefficient (Wildman–Crippen LogP) is 8.42. The predicted molar refractivity (Wildman–Crippen MR) is 200 cm³/mol. The fraction of sp³-hybridized carbons (Fsp3) is 0.600. The molecule has 2 aromatic carbocycles. The Morgan fingerprint density at radius 2 is 1.02 bits per heavy atom. The quantitative estimate of drug-likeness (QED) is 0.0540. The van der Waals surface area contributed by atoms with Gasteiger partial charge in [0.15, 0.2) is 11.4 Å². The number of unbranched alkanes of at least 4 members (excludes halogenated alkanes) is 2. The van der Waals surface area contributed by atoms with E-state index < -0.39 is 34.2 Å². The first-order valence-corrected chi connectivity index (χ1v) is 19.1. The van der Waals surface area contributed by atoms with Crippen LogP contribution in [0.4, 0.5) is 0 Å². The van der Waals surface area contributed by atoms with Crippen LogP contribution in [0.5, 0.6) is 0 Å². The normalized spacial score (nSPS) is 18.8. The monoisotopic (exact) mass is 730 g/mol. The first-order valence-electron chi connectivity index (χ1n) is 18.3. The molecule has 2 fully saturated rings. The van der Waals surface area contributed by atoms with Crippen LogP contribution in [-0.2, 0) is 39.4 Å². The maximum absolute atomic E-state index is 13.7. The van der Waals surface area contributed by atoms with E-state index in [4.69, 9.17) is 42.1 Å². The molecule has 10 heteroatoms. The van der Waals surface area contributed by atoms with E-state index in [0.29, 0.717) is 49.3 Å². The molecule has 0 heterocycles. The third kappa shape index (κ3) is 8.94. The van der Waals surface area contributed by atoms with Gasteiger partial charge in [-0.1, -0.05) is 60.3 Å². The minimum Gasteiger partial charge on any atom is -0.440 e. The molecular formula is C40H56Cl2N2O6. The molecule has 2 aliphatic carbocycles.